The average molecular weight is 627 g/mol. The Morgan fingerprint density at radius 2 is 0.821 bits per heavy atom. The van der Waals surface area contributed by atoms with Crippen LogP contribution in [0, 0.1) is 0 Å². The smallest absolute Gasteiger partial charge is 0.281 e. The van der Waals surface area contributed by atoms with Crippen molar-refractivity contribution in [1.82, 2.24) is 4.90 Å². The highest BCUT2D eigenvalue weighted by Crippen LogP contribution is 2.64. The summed E-state index contributed by atoms with van der Waals surface area (Å²) in [7, 11) is -7.97. The fraction of sp³-hybridized carbons (Fsp3) is 0.500. The van der Waals surface area contributed by atoms with E-state index in [1.807, 2.05) is 0 Å². The van der Waals surface area contributed by atoms with Gasteiger partial charge in [0.05, 0.1) is 11.1 Å². The van der Waals surface area contributed by atoms with Gasteiger partial charge in [-0.3, -0.25) is 14.1 Å². The molecule has 2 rings (SSSR count). The van der Waals surface area contributed by atoms with Crippen LogP contribution in [0.4, 0.5) is 70.2 Å². The van der Waals surface area contributed by atoms with Gasteiger partial charge in [-0.1, -0.05) is 12.1 Å². The van der Waals surface area contributed by atoms with E-state index in [0.717, 1.165) is 0 Å². The van der Waals surface area contributed by atoms with E-state index in [2.05, 4.69) is 0 Å². The minimum absolute atomic E-state index is 0.360. The number of rotatable bonds is 8. The molecule has 6 nitrogen and oxygen atoms in total. The zero-order valence-corrected chi connectivity index (χ0v) is 18.1. The molecule has 2 amide bonds. The van der Waals surface area contributed by atoms with Crippen LogP contribution in [-0.2, 0) is 10.1 Å². The molecule has 1 atom stereocenters. The van der Waals surface area contributed by atoms with Gasteiger partial charge in [-0.2, -0.15) is 78.7 Å². The predicted octanol–water partition coefficient (Wildman–Crippen LogP) is 5.17. The summed E-state index contributed by atoms with van der Waals surface area (Å²) in [5.74, 6) is -57.8. The first-order valence-electron chi connectivity index (χ1n) is 8.90. The van der Waals surface area contributed by atoms with Gasteiger partial charge >= 0.3 is 57.0 Å². The average Bonchev–Trinajstić information content (AvgIpc) is 3.01. The number of carbonyl (C=O) groups excluding carboxylic acids is 2. The Morgan fingerprint density at radius 1 is 0.538 bits per heavy atom. The normalized spacial score (nSPS) is 18.3. The Balaban J connectivity index is 2.87. The number of hydrogen-bond donors (Lipinski definition) is 1. The number of nitrogens with zero attached hydrogens (tertiary/aromatic N) is 1. The molecule has 0 spiro atoms. The van der Waals surface area contributed by atoms with Crippen molar-refractivity contribution < 1.29 is 92.8 Å². The second kappa shape index (κ2) is 8.33. The van der Waals surface area contributed by atoms with Crippen LogP contribution in [0.3, 0.4) is 0 Å². The molecule has 0 saturated heterocycles. The van der Waals surface area contributed by atoms with Gasteiger partial charge in [0.15, 0.2) is 0 Å². The van der Waals surface area contributed by atoms with Crippen molar-refractivity contribution in [1.29, 1.82) is 0 Å². The van der Waals surface area contributed by atoms with Crippen LogP contribution >= 0.6 is 0 Å². The topological polar surface area (TPSA) is 91.8 Å². The standard InChI is InChI=1S/C16H5F16NO5S/c17-9(18,11(21,22)13(25,26)15(29,30)31)10(19,20)12(23,24)14(27,28)16(32,39(36,37)38)33-7(34)5-3-1-2-4-6(5)8(33)35/h1-4H,(H,36,37,38). The number of amides is 2. The third-order valence-electron chi connectivity index (χ3n) is 5.14. The highest BCUT2D eigenvalue weighted by Gasteiger charge is 2.96. The number of carbonyl (C=O) groups is 2. The van der Waals surface area contributed by atoms with Crippen molar-refractivity contribution in [2.24, 2.45) is 0 Å². The minimum atomic E-state index is -8.97. The third-order valence-corrected chi connectivity index (χ3v) is 6.26. The van der Waals surface area contributed by atoms with E-state index >= 15 is 4.39 Å². The highest BCUT2D eigenvalue weighted by atomic mass is 32.2. The lowest BCUT2D eigenvalue weighted by atomic mass is 9.90. The van der Waals surface area contributed by atoms with Crippen LogP contribution in [-0.4, -0.2) is 76.5 Å². The Morgan fingerprint density at radius 3 is 1.10 bits per heavy atom. The zero-order chi connectivity index (χ0) is 31.2. The van der Waals surface area contributed by atoms with Gasteiger partial charge in [0.25, 0.3) is 11.8 Å². The molecule has 1 N–H and O–H groups in total. The summed E-state index contributed by atoms with van der Waals surface area (Å²) in [5.41, 5.74) is -2.72. The van der Waals surface area contributed by atoms with Gasteiger partial charge in [-0.25, -0.2) is 4.90 Å². The molecule has 0 aliphatic carbocycles. The Kier molecular flexibility index (Phi) is 6.91. The summed E-state index contributed by atoms with van der Waals surface area (Å²) in [6.07, 6.45) is -7.94. The van der Waals surface area contributed by atoms with Crippen LogP contribution in [0.15, 0.2) is 24.3 Å². The predicted molar refractivity (Wildman–Crippen MR) is 88.1 cm³/mol. The summed E-state index contributed by atoms with van der Waals surface area (Å²) in [5, 5.41) is -7.31. The van der Waals surface area contributed by atoms with Gasteiger partial charge in [-0.15, -0.1) is 0 Å². The summed E-state index contributed by atoms with van der Waals surface area (Å²) < 4.78 is 249. The molecule has 1 aromatic rings. The molecule has 0 fully saturated rings. The summed E-state index contributed by atoms with van der Waals surface area (Å²) >= 11 is 0. The van der Waals surface area contributed by atoms with Crippen molar-refractivity contribution in [3.8, 4) is 0 Å². The van der Waals surface area contributed by atoms with E-state index in [9.17, 15) is 83.9 Å². The summed E-state index contributed by atoms with van der Waals surface area (Å²) in [6, 6.07) is 2.15. The van der Waals surface area contributed by atoms with E-state index in [0.29, 0.717) is 24.3 Å². The van der Waals surface area contributed by atoms with Crippen molar-refractivity contribution >= 4 is 21.9 Å². The van der Waals surface area contributed by atoms with Gasteiger partial charge in [0.2, 0.25) is 0 Å². The molecule has 23 heteroatoms. The van der Waals surface area contributed by atoms with Gasteiger partial charge < -0.3 is 0 Å². The lowest BCUT2D eigenvalue weighted by Crippen LogP contribution is -2.77. The van der Waals surface area contributed by atoms with Crippen LogP contribution in [0.25, 0.3) is 0 Å². The Labute approximate surface area is 202 Å². The molecule has 0 radical (unpaired) electrons. The van der Waals surface area contributed by atoms with Crippen LogP contribution < -0.4 is 0 Å². The number of hydrogen-bond acceptors (Lipinski definition) is 4. The molecule has 1 unspecified atom stereocenters. The van der Waals surface area contributed by atoms with E-state index in [1.54, 1.807) is 0 Å². The van der Waals surface area contributed by atoms with Crippen LogP contribution in [0.1, 0.15) is 20.7 Å². The monoisotopic (exact) mass is 627 g/mol. The molecule has 0 bridgehead atoms. The van der Waals surface area contributed by atoms with E-state index < -0.39 is 84.8 Å². The number of halogens is 16. The number of benzene rings is 1. The number of alkyl halides is 16. The van der Waals surface area contributed by atoms with Gasteiger partial charge in [0, 0.05) is 0 Å². The molecule has 1 aromatic carbocycles. The maximum absolute atomic E-state index is 15.3. The molecule has 1 heterocycles. The second-order valence-electron chi connectivity index (χ2n) is 7.47. The molecule has 222 valence electrons. The highest BCUT2D eigenvalue weighted by molar-refractivity contribution is 7.87. The SMILES string of the molecule is O=C1c2ccccc2C(=O)N1C(F)(C(F)(F)C(F)(F)C(F)(F)C(F)(F)C(F)(F)C(F)(F)C(F)(F)F)S(=O)(=O)O. The fourth-order valence-corrected chi connectivity index (χ4v) is 3.88. The van der Waals surface area contributed by atoms with Crippen molar-refractivity contribution in [2.45, 2.75) is 46.8 Å². The maximum Gasteiger partial charge on any atom is 0.460 e. The fourth-order valence-electron chi connectivity index (χ4n) is 3.03. The minimum Gasteiger partial charge on any atom is -0.281 e. The Bertz CT molecular complexity index is 1270. The van der Waals surface area contributed by atoms with Gasteiger partial charge in [0.1, 0.15) is 0 Å². The first-order valence-corrected chi connectivity index (χ1v) is 10.3. The summed E-state index contributed by atoms with van der Waals surface area (Å²) in [4.78, 5) is 22.1. The van der Waals surface area contributed by atoms with Crippen molar-refractivity contribution in [3.05, 3.63) is 35.4 Å². The first-order chi connectivity index (χ1) is 16.9. The van der Waals surface area contributed by atoms with Crippen molar-refractivity contribution in [3.63, 3.8) is 0 Å². The van der Waals surface area contributed by atoms with Crippen LogP contribution in [0.5, 0.6) is 0 Å². The number of fused-ring (bicyclic) bond motifs is 1. The lowest BCUT2D eigenvalue weighted by Gasteiger charge is -2.44. The maximum atomic E-state index is 15.3. The quantitative estimate of drug-likeness (QED) is 0.186. The molecule has 0 aromatic heterocycles. The van der Waals surface area contributed by atoms with E-state index in [-0.39, 0.29) is 0 Å². The first kappa shape index (κ1) is 32.4. The Hall–Kier alpha value is -2.85. The molecular weight excluding hydrogens is 622 g/mol. The van der Waals surface area contributed by atoms with Crippen molar-refractivity contribution in [2.75, 3.05) is 0 Å². The largest absolute Gasteiger partial charge is 0.460 e. The lowest BCUT2D eigenvalue weighted by molar-refractivity contribution is -0.457. The molecule has 0 saturated carbocycles. The zero-order valence-electron chi connectivity index (χ0n) is 17.3. The third kappa shape index (κ3) is 3.70. The molecule has 39 heavy (non-hydrogen) atoms. The van der Waals surface area contributed by atoms with Gasteiger partial charge in [-0.05, 0) is 12.1 Å². The molecule has 1 aliphatic heterocycles. The van der Waals surface area contributed by atoms with E-state index in [4.69, 9.17) is 4.55 Å². The number of imide groups is 1. The molecular formula is C16H5F16NO5S. The summed E-state index contributed by atoms with van der Waals surface area (Å²) in [6.45, 7) is 0. The van der Waals surface area contributed by atoms with Crippen LogP contribution in [0.2, 0.25) is 0 Å². The molecule has 1 aliphatic rings. The van der Waals surface area contributed by atoms with E-state index in [1.165, 1.54) is 0 Å². The second-order valence-corrected chi connectivity index (χ2v) is 8.96.